The first-order valence-electron chi connectivity index (χ1n) is 4.41. The molecule has 1 aromatic carbocycles. The van der Waals surface area contributed by atoms with E-state index in [1.54, 1.807) is 0 Å². The highest BCUT2D eigenvalue weighted by Gasteiger charge is 2.43. The van der Waals surface area contributed by atoms with Gasteiger partial charge in [-0.1, -0.05) is 35.4 Å². The Hall–Kier alpha value is -1.47. The van der Waals surface area contributed by atoms with E-state index in [-0.39, 0.29) is 6.40 Å². The van der Waals surface area contributed by atoms with Crippen LogP contribution in [-0.4, -0.2) is 0 Å². The molecular formula is C9H9N3. The highest BCUT2D eigenvalue weighted by Crippen LogP contribution is 2.49. The molecule has 0 amide bonds. The van der Waals surface area contributed by atoms with Crippen molar-refractivity contribution < 1.29 is 1.37 Å². The third-order valence-corrected chi connectivity index (χ3v) is 2.09. The number of benzene rings is 1. The fourth-order valence-corrected chi connectivity index (χ4v) is 1.28. The van der Waals surface area contributed by atoms with Crippen LogP contribution in [0.5, 0.6) is 0 Å². The predicted octanol–water partition coefficient (Wildman–Crippen LogP) is 2.99. The van der Waals surface area contributed by atoms with Gasteiger partial charge in [-0.15, -0.1) is 0 Å². The lowest BCUT2D eigenvalue weighted by Crippen LogP contribution is -1.99. The molecule has 3 heteroatoms. The maximum Gasteiger partial charge on any atom is 0.0738 e. The summed E-state index contributed by atoms with van der Waals surface area (Å²) in [6.07, 6.45) is 0.368. The van der Waals surface area contributed by atoms with E-state index >= 15 is 0 Å². The number of azide groups is 1. The first kappa shape index (κ1) is 6.09. The van der Waals surface area contributed by atoms with Gasteiger partial charge in [0.2, 0.25) is 0 Å². The van der Waals surface area contributed by atoms with Crippen LogP contribution in [0.2, 0.25) is 0 Å². The molecule has 2 rings (SSSR count). The normalized spacial score (nSPS) is 33.3. The zero-order chi connectivity index (χ0) is 9.31. The summed E-state index contributed by atoms with van der Waals surface area (Å²) >= 11 is 0. The summed E-state index contributed by atoms with van der Waals surface area (Å²) in [6.45, 7) is 0. The van der Waals surface area contributed by atoms with Crippen molar-refractivity contribution in [3.8, 4) is 0 Å². The van der Waals surface area contributed by atoms with Crippen LogP contribution in [0.3, 0.4) is 0 Å². The molecular weight excluding hydrogens is 150 g/mol. The Morgan fingerprint density at radius 3 is 2.67 bits per heavy atom. The third kappa shape index (κ3) is 1.04. The zero-order valence-corrected chi connectivity index (χ0v) is 6.51. The molecule has 0 radical (unpaired) electrons. The van der Waals surface area contributed by atoms with Crippen molar-refractivity contribution in [2.75, 3.05) is 0 Å². The fourth-order valence-electron chi connectivity index (χ4n) is 1.28. The summed E-state index contributed by atoms with van der Waals surface area (Å²) in [6, 6.07) is 9.52. The van der Waals surface area contributed by atoms with E-state index in [4.69, 9.17) is 6.90 Å². The monoisotopic (exact) mass is 160 g/mol. The molecule has 3 nitrogen and oxygen atoms in total. The number of hydrogen-bond acceptors (Lipinski definition) is 1. The molecule has 0 N–H and O–H groups in total. The van der Waals surface area contributed by atoms with E-state index in [1.807, 2.05) is 30.3 Å². The Bertz CT molecular complexity index is 358. The molecule has 0 heterocycles. The molecule has 1 saturated carbocycles. The maximum absolute atomic E-state index is 8.40. The van der Waals surface area contributed by atoms with E-state index in [9.17, 15) is 0 Å². The molecule has 1 aliphatic rings. The van der Waals surface area contributed by atoms with Crippen molar-refractivity contribution in [2.45, 2.75) is 18.4 Å². The van der Waals surface area contributed by atoms with Crippen LogP contribution in [0.1, 0.15) is 19.8 Å². The van der Waals surface area contributed by atoms with Crippen molar-refractivity contribution in [2.24, 2.45) is 5.11 Å². The van der Waals surface area contributed by atoms with Crippen LogP contribution in [0.25, 0.3) is 10.4 Å². The Morgan fingerprint density at radius 2 is 2.17 bits per heavy atom. The standard InChI is InChI=1S/C9H9N3/c10-12-11-9(6-7-9)8-4-2-1-3-5-8/h1-5H,6-7H2/i6D/t6-,9-/m0/s1. The van der Waals surface area contributed by atoms with E-state index in [0.29, 0.717) is 6.42 Å². The summed E-state index contributed by atoms with van der Waals surface area (Å²) < 4.78 is 7.58. The quantitative estimate of drug-likeness (QED) is 0.363. The molecule has 1 fully saturated rings. The summed E-state index contributed by atoms with van der Waals surface area (Å²) in [4.78, 5) is 2.80. The second-order valence-corrected chi connectivity index (χ2v) is 2.89. The highest BCUT2D eigenvalue weighted by atomic mass is 15.2. The molecule has 0 bridgehead atoms. The molecule has 0 unspecified atom stereocenters. The molecule has 1 aliphatic carbocycles. The molecule has 0 aromatic heterocycles. The van der Waals surface area contributed by atoms with Crippen LogP contribution >= 0.6 is 0 Å². The van der Waals surface area contributed by atoms with Crippen LogP contribution in [0.4, 0.5) is 0 Å². The molecule has 0 spiro atoms. The highest BCUT2D eigenvalue weighted by molar-refractivity contribution is 5.29. The summed E-state index contributed by atoms with van der Waals surface area (Å²) in [7, 11) is 0. The number of hydrogen-bond donors (Lipinski definition) is 0. The van der Waals surface area contributed by atoms with Crippen molar-refractivity contribution >= 4 is 0 Å². The van der Waals surface area contributed by atoms with Crippen LogP contribution in [0, 0.1) is 0 Å². The van der Waals surface area contributed by atoms with Gasteiger partial charge in [0.1, 0.15) is 0 Å². The first-order valence-corrected chi connectivity index (χ1v) is 3.83. The molecule has 1 aromatic rings. The van der Waals surface area contributed by atoms with Gasteiger partial charge in [-0.25, -0.2) is 0 Å². The zero-order valence-electron chi connectivity index (χ0n) is 7.51. The molecule has 60 valence electrons. The van der Waals surface area contributed by atoms with Gasteiger partial charge in [0, 0.05) is 6.28 Å². The van der Waals surface area contributed by atoms with Gasteiger partial charge in [0.25, 0.3) is 0 Å². The Labute approximate surface area is 72.1 Å². The van der Waals surface area contributed by atoms with Crippen LogP contribution in [0.15, 0.2) is 35.4 Å². The van der Waals surface area contributed by atoms with E-state index < -0.39 is 5.54 Å². The molecule has 0 saturated heterocycles. The second-order valence-electron chi connectivity index (χ2n) is 2.89. The SMILES string of the molecule is [2H][C@H]1C[C@]1(N=[N+]=[N-])c1ccccc1. The maximum atomic E-state index is 8.40. The van der Waals surface area contributed by atoms with Crippen LogP contribution < -0.4 is 0 Å². The van der Waals surface area contributed by atoms with Gasteiger partial charge >= 0.3 is 0 Å². The lowest BCUT2D eigenvalue weighted by molar-refractivity contribution is 0.731. The predicted molar refractivity (Wildman–Crippen MR) is 46.5 cm³/mol. The van der Waals surface area contributed by atoms with Gasteiger partial charge in [-0.05, 0) is 23.9 Å². The van der Waals surface area contributed by atoms with Gasteiger partial charge in [-0.3, -0.25) is 0 Å². The molecule has 12 heavy (non-hydrogen) atoms. The summed E-state index contributed by atoms with van der Waals surface area (Å²) in [5.41, 5.74) is 8.77. The topological polar surface area (TPSA) is 48.8 Å². The smallest absolute Gasteiger partial charge is 0.0738 e. The average molecular weight is 160 g/mol. The third-order valence-electron chi connectivity index (χ3n) is 2.09. The van der Waals surface area contributed by atoms with Crippen LogP contribution in [-0.2, 0) is 5.54 Å². The van der Waals surface area contributed by atoms with Gasteiger partial charge in [0.15, 0.2) is 0 Å². The average Bonchev–Trinajstić information content (AvgIpc) is 2.80. The summed E-state index contributed by atoms with van der Waals surface area (Å²) in [5.74, 6) is 0. The van der Waals surface area contributed by atoms with Crippen molar-refractivity contribution in [1.82, 2.24) is 0 Å². The molecule has 2 atom stereocenters. The largest absolute Gasteiger partial charge is 0.0826 e. The van der Waals surface area contributed by atoms with Crippen molar-refractivity contribution in [3.63, 3.8) is 0 Å². The lowest BCUT2D eigenvalue weighted by Gasteiger charge is -2.06. The van der Waals surface area contributed by atoms with Gasteiger partial charge < -0.3 is 0 Å². The molecule has 0 aliphatic heterocycles. The van der Waals surface area contributed by atoms with Crippen molar-refractivity contribution in [3.05, 3.63) is 46.3 Å². The summed E-state index contributed by atoms with van der Waals surface area (Å²) in [5, 5.41) is 3.71. The van der Waals surface area contributed by atoms with Crippen molar-refractivity contribution in [1.29, 1.82) is 0 Å². The minimum atomic E-state index is -0.573. The Morgan fingerprint density at radius 1 is 1.50 bits per heavy atom. The number of rotatable bonds is 2. The fraction of sp³-hybridized carbons (Fsp3) is 0.333. The van der Waals surface area contributed by atoms with Gasteiger partial charge in [-0.2, -0.15) is 0 Å². The second kappa shape index (κ2) is 2.54. The van der Waals surface area contributed by atoms with E-state index in [1.165, 1.54) is 0 Å². The van der Waals surface area contributed by atoms with Gasteiger partial charge in [0.05, 0.1) is 5.54 Å². The Balaban J connectivity index is 2.40. The number of nitrogens with zero attached hydrogens (tertiary/aromatic N) is 3. The minimum Gasteiger partial charge on any atom is -0.0826 e. The van der Waals surface area contributed by atoms with E-state index in [0.717, 1.165) is 5.56 Å². The Kier molecular flexibility index (Phi) is 1.29. The van der Waals surface area contributed by atoms with E-state index in [2.05, 4.69) is 10.0 Å². The lowest BCUT2D eigenvalue weighted by atomic mass is 10.1. The first-order chi connectivity index (χ1) is 6.29. The minimum absolute atomic E-state index is 0.272.